The van der Waals surface area contributed by atoms with Crippen LogP contribution in [0.5, 0.6) is 0 Å². The van der Waals surface area contributed by atoms with Gasteiger partial charge in [0.05, 0.1) is 11.1 Å². The molecular weight excluding hydrogens is 468 g/mol. The van der Waals surface area contributed by atoms with Crippen molar-refractivity contribution < 1.29 is 18.6 Å². The topological polar surface area (TPSA) is 24.5 Å². The van der Waals surface area contributed by atoms with Crippen LogP contribution in [0, 0.1) is 0 Å². The number of benzene rings is 4. The van der Waals surface area contributed by atoms with Crippen LogP contribution in [0.15, 0.2) is 132 Å². The zero-order chi connectivity index (χ0) is 25.7. The minimum Gasteiger partial charge on any atom is -0.339 e. The van der Waals surface area contributed by atoms with Gasteiger partial charge in [0.1, 0.15) is 0 Å². The van der Waals surface area contributed by atoms with Gasteiger partial charge in [0.25, 0.3) is 0 Å². The second-order valence-electron chi connectivity index (χ2n) is 9.79. The molecule has 0 fully saturated rings. The number of para-hydroxylation sites is 2. The Bertz CT molecular complexity index is 1540. The predicted octanol–water partition coefficient (Wildman–Crippen LogP) is 7.49. The highest BCUT2D eigenvalue weighted by Gasteiger charge is 2.70. The van der Waals surface area contributed by atoms with Gasteiger partial charge < -0.3 is 9.47 Å². The van der Waals surface area contributed by atoms with Crippen molar-refractivity contribution in [2.75, 3.05) is 0 Å². The summed E-state index contributed by atoms with van der Waals surface area (Å²) in [5.74, 6) is 1.71. The highest BCUT2D eigenvalue weighted by molar-refractivity contribution is 6.09. The molecule has 38 heavy (non-hydrogen) atoms. The standard InChI is InChI=1S/C34H28N2O2/c1-24-30-23-31-25(2)36(29-21-13-6-14-22-29)34(35(24)28-19-11-5-12-20-28,37-32(30)26-15-7-3-8-16-26)38-33(31)27-17-9-4-10-18-27/h3-22H,23H2,1-2H3/q+2. The molecule has 6 aliphatic rings. The molecule has 6 aliphatic heterocycles. The summed E-state index contributed by atoms with van der Waals surface area (Å²) in [6, 6.07) is 40.2. The largest absolute Gasteiger partial charge is 0.715 e. The third-order valence-corrected chi connectivity index (χ3v) is 7.58. The second-order valence-corrected chi connectivity index (χ2v) is 9.79. The first-order valence-electron chi connectivity index (χ1n) is 13.0. The maximum absolute atomic E-state index is 7.21. The molecule has 184 valence electrons. The van der Waals surface area contributed by atoms with Crippen LogP contribution < -0.4 is 0 Å². The average molecular weight is 497 g/mol. The van der Waals surface area contributed by atoms with E-state index in [0.717, 1.165) is 56.6 Å². The maximum atomic E-state index is 7.21. The summed E-state index contributed by atoms with van der Waals surface area (Å²) in [6.45, 7) is 4.36. The lowest BCUT2D eigenvalue weighted by molar-refractivity contribution is -0.868. The first-order valence-corrected chi connectivity index (χ1v) is 13.0. The molecule has 0 saturated heterocycles. The van der Waals surface area contributed by atoms with Gasteiger partial charge in [-0.3, -0.25) is 0 Å². The van der Waals surface area contributed by atoms with E-state index in [2.05, 4.69) is 120 Å². The normalized spacial score (nSPS) is 17.8. The Morgan fingerprint density at radius 3 is 1.21 bits per heavy atom. The van der Waals surface area contributed by atoms with E-state index in [-0.39, 0.29) is 0 Å². The quantitative estimate of drug-likeness (QED) is 0.273. The molecule has 6 heterocycles. The van der Waals surface area contributed by atoms with Crippen molar-refractivity contribution in [3.63, 3.8) is 0 Å². The van der Waals surface area contributed by atoms with Crippen molar-refractivity contribution in [2.45, 2.75) is 26.3 Å². The molecular formula is C34H28N2O2+2. The minimum atomic E-state index is -1.32. The molecule has 0 atom stereocenters. The fourth-order valence-electron chi connectivity index (χ4n) is 5.82. The number of allylic oxidation sites excluding steroid dienone is 2. The van der Waals surface area contributed by atoms with Crippen LogP contribution in [0.2, 0.25) is 0 Å². The molecule has 4 aromatic carbocycles. The molecule has 3 bridgehead atoms. The van der Waals surface area contributed by atoms with Crippen molar-refractivity contribution in [1.29, 1.82) is 0 Å². The molecule has 0 saturated carbocycles. The van der Waals surface area contributed by atoms with Crippen LogP contribution in [0.3, 0.4) is 0 Å². The summed E-state index contributed by atoms with van der Waals surface area (Å²) >= 11 is 0. The summed E-state index contributed by atoms with van der Waals surface area (Å²) in [6.07, 6.45) is 0.675. The third-order valence-electron chi connectivity index (χ3n) is 7.58. The van der Waals surface area contributed by atoms with Crippen LogP contribution in [-0.4, -0.2) is 26.6 Å². The molecule has 0 amide bonds. The van der Waals surface area contributed by atoms with E-state index in [1.807, 2.05) is 24.3 Å². The van der Waals surface area contributed by atoms with Gasteiger partial charge in [-0.2, -0.15) is 0 Å². The van der Waals surface area contributed by atoms with E-state index in [1.165, 1.54) is 0 Å². The molecule has 0 aromatic heterocycles. The van der Waals surface area contributed by atoms with Gasteiger partial charge in [-0.25, -0.2) is 0 Å². The van der Waals surface area contributed by atoms with Crippen LogP contribution in [0.4, 0.5) is 11.4 Å². The highest BCUT2D eigenvalue weighted by Crippen LogP contribution is 2.49. The van der Waals surface area contributed by atoms with Crippen LogP contribution in [0.25, 0.3) is 11.5 Å². The minimum absolute atomic E-state index is 0.675. The highest BCUT2D eigenvalue weighted by atomic mass is 16.7. The van der Waals surface area contributed by atoms with Crippen molar-refractivity contribution in [3.8, 4) is 0 Å². The second kappa shape index (κ2) is 8.70. The Kier molecular flexibility index (Phi) is 5.15. The van der Waals surface area contributed by atoms with Gasteiger partial charge in [0.2, 0.25) is 22.8 Å². The van der Waals surface area contributed by atoms with Gasteiger partial charge in [-0.05, 0) is 9.15 Å². The zero-order valence-corrected chi connectivity index (χ0v) is 21.5. The Morgan fingerprint density at radius 1 is 0.500 bits per heavy atom. The van der Waals surface area contributed by atoms with Crippen molar-refractivity contribution in [3.05, 3.63) is 144 Å². The Hall–Kier alpha value is -4.70. The summed E-state index contributed by atoms with van der Waals surface area (Å²) < 4.78 is 18.8. The zero-order valence-electron chi connectivity index (χ0n) is 21.5. The molecule has 4 nitrogen and oxygen atoms in total. The summed E-state index contributed by atoms with van der Waals surface area (Å²) in [4.78, 5) is 0. The van der Waals surface area contributed by atoms with Crippen LogP contribution >= 0.6 is 0 Å². The Labute approximate surface area is 222 Å². The van der Waals surface area contributed by atoms with E-state index < -0.39 is 6.03 Å². The SMILES string of the molecule is CC1=[N+](c2ccccc2)C23OC(c4ccccc4)=C1CC(=C(c1ccccc1)O2)C(C)=[N+]3c1ccccc1. The average Bonchev–Trinajstić information content (AvgIpc) is 2.96. The lowest BCUT2D eigenvalue weighted by atomic mass is 9.89. The molecule has 0 radical (unpaired) electrons. The fourth-order valence-corrected chi connectivity index (χ4v) is 5.82. The van der Waals surface area contributed by atoms with Gasteiger partial charge in [0.15, 0.2) is 11.5 Å². The van der Waals surface area contributed by atoms with Gasteiger partial charge in [0, 0.05) is 55.7 Å². The third kappa shape index (κ3) is 3.30. The molecule has 4 heteroatoms. The van der Waals surface area contributed by atoms with Crippen LogP contribution in [0.1, 0.15) is 31.4 Å². The van der Waals surface area contributed by atoms with Gasteiger partial charge >= 0.3 is 6.03 Å². The predicted molar refractivity (Wildman–Crippen MR) is 150 cm³/mol. The van der Waals surface area contributed by atoms with Gasteiger partial charge in [-0.15, -0.1) is 0 Å². The summed E-state index contributed by atoms with van der Waals surface area (Å²) in [7, 11) is 0. The molecule has 4 aromatic rings. The lowest BCUT2D eigenvalue weighted by Gasteiger charge is -2.38. The summed E-state index contributed by atoms with van der Waals surface area (Å²) in [5, 5.41) is 0. The number of ether oxygens (including phenoxy) is 2. The van der Waals surface area contributed by atoms with E-state index in [0.29, 0.717) is 6.42 Å². The molecule has 10 rings (SSSR count). The van der Waals surface area contributed by atoms with Gasteiger partial charge in [-0.1, -0.05) is 97.1 Å². The monoisotopic (exact) mass is 496 g/mol. The maximum Gasteiger partial charge on any atom is 0.715 e. The number of rotatable bonds is 4. The molecule has 1 spiro atoms. The van der Waals surface area contributed by atoms with E-state index in [4.69, 9.17) is 9.47 Å². The van der Waals surface area contributed by atoms with Crippen molar-refractivity contribution in [2.24, 2.45) is 0 Å². The van der Waals surface area contributed by atoms with E-state index in [9.17, 15) is 0 Å². The first kappa shape index (κ1) is 22.5. The summed E-state index contributed by atoms with van der Waals surface area (Å²) in [5.41, 5.74) is 8.63. The van der Waals surface area contributed by atoms with Crippen molar-refractivity contribution >= 4 is 34.3 Å². The van der Waals surface area contributed by atoms with E-state index >= 15 is 0 Å². The number of hydrogen-bond acceptors (Lipinski definition) is 2. The number of nitrogens with zero attached hydrogens (tertiary/aromatic N) is 2. The first-order chi connectivity index (χ1) is 18.7. The smallest absolute Gasteiger partial charge is 0.339 e. The van der Waals surface area contributed by atoms with Crippen LogP contribution in [-0.2, 0) is 9.47 Å². The molecule has 0 unspecified atom stereocenters. The fraction of sp³-hybridized carbons (Fsp3) is 0.118. The Balaban J connectivity index is 1.62. The van der Waals surface area contributed by atoms with Crippen molar-refractivity contribution in [1.82, 2.24) is 0 Å². The van der Waals surface area contributed by atoms with E-state index in [1.54, 1.807) is 0 Å². The molecule has 0 aliphatic carbocycles. The Morgan fingerprint density at radius 2 is 0.842 bits per heavy atom. The number of hydrogen-bond donors (Lipinski definition) is 0. The molecule has 0 N–H and O–H groups in total. The lowest BCUT2D eigenvalue weighted by Crippen LogP contribution is -2.60.